The number of hydrogen-bond donors (Lipinski definition) is 1. The summed E-state index contributed by atoms with van der Waals surface area (Å²) in [4.78, 5) is 0. The van der Waals surface area contributed by atoms with Crippen LogP contribution in [0.5, 0.6) is 0 Å². The predicted octanol–water partition coefficient (Wildman–Crippen LogP) is 4.36. The highest BCUT2D eigenvalue weighted by atomic mass is 19.4. The van der Waals surface area contributed by atoms with Crippen molar-refractivity contribution in [2.75, 3.05) is 0 Å². The van der Waals surface area contributed by atoms with E-state index in [0.717, 1.165) is 18.1 Å². The molecule has 20 heavy (non-hydrogen) atoms. The summed E-state index contributed by atoms with van der Waals surface area (Å²) in [7, 11) is 0. The van der Waals surface area contributed by atoms with Gasteiger partial charge in [-0.05, 0) is 36.3 Å². The second-order valence-corrected chi connectivity index (χ2v) is 6.31. The minimum atomic E-state index is -4.31. The third-order valence-electron chi connectivity index (χ3n) is 3.58. The molecule has 0 bridgehead atoms. The normalized spacial score (nSPS) is 22.5. The molecule has 0 saturated heterocycles. The standard InChI is InChI=1S/C16H19F3O/c1-15(2)9-12(8-14(20)10-15)6-11-4-3-5-13(7-11)16(17,18)19/h3-5,7-8,14,20H,6,9-10H2,1-2H3. The first kappa shape index (κ1) is 15.1. The van der Waals surface area contributed by atoms with Crippen molar-refractivity contribution in [2.45, 2.75) is 45.4 Å². The van der Waals surface area contributed by atoms with Crippen LogP contribution in [-0.4, -0.2) is 11.2 Å². The highest BCUT2D eigenvalue weighted by Gasteiger charge is 2.31. The van der Waals surface area contributed by atoms with E-state index >= 15 is 0 Å². The maximum Gasteiger partial charge on any atom is 0.416 e. The fourth-order valence-corrected chi connectivity index (χ4v) is 2.88. The molecule has 0 aliphatic heterocycles. The van der Waals surface area contributed by atoms with E-state index in [4.69, 9.17) is 0 Å². The van der Waals surface area contributed by atoms with Crippen LogP contribution >= 0.6 is 0 Å². The molecule has 2 rings (SSSR count). The predicted molar refractivity (Wildman–Crippen MR) is 72.3 cm³/mol. The Morgan fingerprint density at radius 1 is 1.30 bits per heavy atom. The Hall–Kier alpha value is -1.29. The molecule has 0 aromatic heterocycles. The Morgan fingerprint density at radius 3 is 2.60 bits per heavy atom. The van der Waals surface area contributed by atoms with E-state index in [1.54, 1.807) is 12.1 Å². The fourth-order valence-electron chi connectivity index (χ4n) is 2.88. The maximum atomic E-state index is 12.7. The van der Waals surface area contributed by atoms with Gasteiger partial charge in [0.15, 0.2) is 0 Å². The van der Waals surface area contributed by atoms with Gasteiger partial charge >= 0.3 is 6.18 Å². The molecule has 1 aliphatic carbocycles. The molecule has 4 heteroatoms. The Balaban J connectivity index is 2.18. The van der Waals surface area contributed by atoms with E-state index in [0.29, 0.717) is 18.4 Å². The molecule has 0 spiro atoms. The molecular formula is C16H19F3O. The van der Waals surface area contributed by atoms with Crippen LogP contribution in [0.3, 0.4) is 0 Å². The van der Waals surface area contributed by atoms with Gasteiger partial charge in [-0.25, -0.2) is 0 Å². The summed E-state index contributed by atoms with van der Waals surface area (Å²) in [6.45, 7) is 4.13. The molecule has 1 aromatic rings. The van der Waals surface area contributed by atoms with Crippen LogP contribution in [0.2, 0.25) is 0 Å². The summed E-state index contributed by atoms with van der Waals surface area (Å²) in [6, 6.07) is 5.40. The summed E-state index contributed by atoms with van der Waals surface area (Å²) in [5.41, 5.74) is 1.01. The highest BCUT2D eigenvalue weighted by Crippen LogP contribution is 2.37. The summed E-state index contributed by atoms with van der Waals surface area (Å²) in [6.07, 6.45) is -1.06. The van der Waals surface area contributed by atoms with Gasteiger partial charge in [0, 0.05) is 0 Å². The number of hydrogen-bond acceptors (Lipinski definition) is 1. The zero-order valence-electron chi connectivity index (χ0n) is 11.7. The second kappa shape index (κ2) is 5.24. The van der Waals surface area contributed by atoms with Crippen molar-refractivity contribution >= 4 is 0 Å². The molecule has 110 valence electrons. The summed E-state index contributed by atoms with van der Waals surface area (Å²) in [5.74, 6) is 0. The van der Waals surface area contributed by atoms with Gasteiger partial charge in [0.1, 0.15) is 0 Å². The Morgan fingerprint density at radius 2 is 2.00 bits per heavy atom. The molecule has 1 atom stereocenters. The molecule has 1 aromatic carbocycles. The molecule has 1 unspecified atom stereocenters. The summed E-state index contributed by atoms with van der Waals surface area (Å²) < 4.78 is 38.0. The SMILES string of the molecule is CC1(C)CC(Cc2cccc(C(F)(F)F)c2)=CC(O)C1. The van der Waals surface area contributed by atoms with Crippen molar-refractivity contribution in [2.24, 2.45) is 5.41 Å². The van der Waals surface area contributed by atoms with Gasteiger partial charge < -0.3 is 5.11 Å². The van der Waals surface area contributed by atoms with Gasteiger partial charge in [-0.2, -0.15) is 13.2 Å². The minimum absolute atomic E-state index is 0.00879. The molecule has 0 saturated carbocycles. The quantitative estimate of drug-likeness (QED) is 0.800. The van der Waals surface area contributed by atoms with Crippen LogP contribution < -0.4 is 0 Å². The minimum Gasteiger partial charge on any atom is -0.389 e. The molecule has 1 N–H and O–H groups in total. The van der Waals surface area contributed by atoms with Crippen molar-refractivity contribution in [3.63, 3.8) is 0 Å². The number of benzene rings is 1. The number of rotatable bonds is 2. The van der Waals surface area contributed by atoms with Crippen LogP contribution in [0.1, 0.15) is 37.8 Å². The number of alkyl halides is 3. The third kappa shape index (κ3) is 3.85. The Labute approximate surface area is 117 Å². The van der Waals surface area contributed by atoms with Gasteiger partial charge in [-0.1, -0.05) is 43.7 Å². The third-order valence-corrected chi connectivity index (χ3v) is 3.58. The van der Waals surface area contributed by atoms with Crippen molar-refractivity contribution in [3.8, 4) is 0 Å². The van der Waals surface area contributed by atoms with Crippen molar-refractivity contribution < 1.29 is 18.3 Å². The highest BCUT2D eigenvalue weighted by molar-refractivity contribution is 5.30. The fraction of sp³-hybridized carbons (Fsp3) is 0.500. The number of aliphatic hydroxyl groups excluding tert-OH is 1. The monoisotopic (exact) mass is 284 g/mol. The van der Waals surface area contributed by atoms with E-state index < -0.39 is 17.8 Å². The van der Waals surface area contributed by atoms with Gasteiger partial charge in [0.2, 0.25) is 0 Å². The van der Waals surface area contributed by atoms with Crippen LogP contribution in [0, 0.1) is 5.41 Å². The van der Waals surface area contributed by atoms with E-state index in [2.05, 4.69) is 13.8 Å². The summed E-state index contributed by atoms with van der Waals surface area (Å²) >= 11 is 0. The Kier molecular flexibility index (Phi) is 3.96. The van der Waals surface area contributed by atoms with E-state index in [9.17, 15) is 18.3 Å². The van der Waals surface area contributed by atoms with Gasteiger partial charge in [-0.3, -0.25) is 0 Å². The van der Waals surface area contributed by atoms with Crippen LogP contribution in [0.15, 0.2) is 35.9 Å². The first-order chi connectivity index (χ1) is 9.16. The smallest absolute Gasteiger partial charge is 0.389 e. The molecule has 1 nitrogen and oxygen atoms in total. The second-order valence-electron chi connectivity index (χ2n) is 6.31. The van der Waals surface area contributed by atoms with E-state index in [1.165, 1.54) is 12.1 Å². The summed E-state index contributed by atoms with van der Waals surface area (Å²) in [5, 5.41) is 9.82. The molecule has 0 amide bonds. The van der Waals surface area contributed by atoms with Gasteiger partial charge in [-0.15, -0.1) is 0 Å². The average Bonchev–Trinajstić information content (AvgIpc) is 2.25. The molecule has 0 radical (unpaired) electrons. The molecule has 0 fully saturated rings. The van der Waals surface area contributed by atoms with Crippen molar-refractivity contribution in [3.05, 3.63) is 47.0 Å². The van der Waals surface area contributed by atoms with Crippen molar-refractivity contribution in [1.29, 1.82) is 0 Å². The van der Waals surface area contributed by atoms with E-state index in [-0.39, 0.29) is 5.41 Å². The number of aliphatic hydroxyl groups is 1. The first-order valence-corrected chi connectivity index (χ1v) is 6.69. The lowest BCUT2D eigenvalue weighted by Gasteiger charge is -2.32. The molecular weight excluding hydrogens is 265 g/mol. The first-order valence-electron chi connectivity index (χ1n) is 6.69. The Bertz CT molecular complexity index is 515. The number of halogens is 3. The lowest BCUT2D eigenvalue weighted by Crippen LogP contribution is -2.25. The van der Waals surface area contributed by atoms with Gasteiger partial charge in [0.25, 0.3) is 0 Å². The molecule has 1 aliphatic rings. The van der Waals surface area contributed by atoms with Gasteiger partial charge in [0.05, 0.1) is 11.7 Å². The lowest BCUT2D eigenvalue weighted by atomic mass is 9.75. The zero-order valence-corrected chi connectivity index (χ0v) is 11.7. The van der Waals surface area contributed by atoms with Crippen LogP contribution in [0.25, 0.3) is 0 Å². The van der Waals surface area contributed by atoms with Crippen LogP contribution in [-0.2, 0) is 12.6 Å². The lowest BCUT2D eigenvalue weighted by molar-refractivity contribution is -0.137. The topological polar surface area (TPSA) is 20.2 Å². The number of allylic oxidation sites excluding steroid dienone is 1. The largest absolute Gasteiger partial charge is 0.416 e. The maximum absolute atomic E-state index is 12.7. The van der Waals surface area contributed by atoms with E-state index in [1.807, 2.05) is 0 Å². The van der Waals surface area contributed by atoms with Crippen LogP contribution in [0.4, 0.5) is 13.2 Å². The average molecular weight is 284 g/mol. The molecule has 0 heterocycles. The zero-order chi connectivity index (χ0) is 15.0. The van der Waals surface area contributed by atoms with Crippen molar-refractivity contribution in [1.82, 2.24) is 0 Å².